The quantitative estimate of drug-likeness (QED) is 0.838. The maximum absolute atomic E-state index is 11.3. The Hall–Kier alpha value is -2.27. The standard InChI is InChI=1S/C13H12N2O3/c16-12(17)13(18,10-4-2-1-3-5-10)8-11-9-14-6-7-15-11/h1-7,9,18H,8H2,(H,16,17)/t13-/m0/s1. The Morgan fingerprint density at radius 1 is 1.22 bits per heavy atom. The zero-order chi connectivity index (χ0) is 13.0. The number of nitrogens with zero attached hydrogens (tertiary/aromatic N) is 2. The summed E-state index contributed by atoms with van der Waals surface area (Å²) in [7, 11) is 0. The lowest BCUT2D eigenvalue weighted by Crippen LogP contribution is -2.38. The molecule has 1 heterocycles. The number of rotatable bonds is 4. The highest BCUT2D eigenvalue weighted by Crippen LogP contribution is 2.25. The molecule has 0 aliphatic heterocycles. The fourth-order valence-corrected chi connectivity index (χ4v) is 1.70. The molecule has 0 saturated carbocycles. The summed E-state index contributed by atoms with van der Waals surface area (Å²) in [5, 5.41) is 19.6. The van der Waals surface area contributed by atoms with Gasteiger partial charge < -0.3 is 10.2 Å². The molecule has 0 aliphatic carbocycles. The van der Waals surface area contributed by atoms with Crippen molar-refractivity contribution in [2.24, 2.45) is 0 Å². The van der Waals surface area contributed by atoms with E-state index in [2.05, 4.69) is 9.97 Å². The van der Waals surface area contributed by atoms with Gasteiger partial charge in [0.25, 0.3) is 0 Å². The van der Waals surface area contributed by atoms with Gasteiger partial charge in [0.1, 0.15) is 0 Å². The average molecular weight is 244 g/mol. The Morgan fingerprint density at radius 3 is 2.50 bits per heavy atom. The van der Waals surface area contributed by atoms with Crippen molar-refractivity contribution >= 4 is 5.97 Å². The molecular weight excluding hydrogens is 232 g/mol. The lowest BCUT2D eigenvalue weighted by atomic mass is 9.89. The summed E-state index contributed by atoms with van der Waals surface area (Å²) >= 11 is 0. The summed E-state index contributed by atoms with van der Waals surface area (Å²) in [6.45, 7) is 0. The Kier molecular flexibility index (Phi) is 3.34. The predicted molar refractivity (Wildman–Crippen MR) is 63.7 cm³/mol. The molecule has 0 bridgehead atoms. The smallest absolute Gasteiger partial charge is 0.340 e. The number of carboxylic acids is 1. The first-order valence-corrected chi connectivity index (χ1v) is 5.39. The number of aliphatic carboxylic acids is 1. The first-order chi connectivity index (χ1) is 8.63. The van der Waals surface area contributed by atoms with E-state index in [4.69, 9.17) is 0 Å². The summed E-state index contributed by atoms with van der Waals surface area (Å²) < 4.78 is 0. The number of aromatic nitrogens is 2. The van der Waals surface area contributed by atoms with Crippen molar-refractivity contribution in [2.75, 3.05) is 0 Å². The van der Waals surface area contributed by atoms with Crippen LogP contribution in [0, 0.1) is 0 Å². The van der Waals surface area contributed by atoms with Crippen LogP contribution >= 0.6 is 0 Å². The SMILES string of the molecule is O=C(O)[C@](O)(Cc1cnccn1)c1ccccc1. The number of hydrogen-bond acceptors (Lipinski definition) is 4. The number of carbonyl (C=O) groups is 1. The van der Waals surface area contributed by atoms with Gasteiger partial charge in [-0.15, -0.1) is 0 Å². The maximum Gasteiger partial charge on any atom is 0.340 e. The van der Waals surface area contributed by atoms with Gasteiger partial charge in [-0.2, -0.15) is 0 Å². The topological polar surface area (TPSA) is 83.3 Å². The summed E-state index contributed by atoms with van der Waals surface area (Å²) in [5.74, 6) is -1.31. The van der Waals surface area contributed by atoms with Gasteiger partial charge in [0.05, 0.1) is 5.69 Å². The third-order valence-electron chi connectivity index (χ3n) is 2.66. The molecule has 2 aromatic rings. The minimum atomic E-state index is -1.99. The molecule has 1 aromatic carbocycles. The number of aliphatic hydroxyl groups is 1. The van der Waals surface area contributed by atoms with Gasteiger partial charge in [0.2, 0.25) is 0 Å². The van der Waals surface area contributed by atoms with Crippen LogP contribution in [-0.4, -0.2) is 26.2 Å². The Labute approximate surface area is 104 Å². The van der Waals surface area contributed by atoms with Crippen molar-refractivity contribution in [3.8, 4) is 0 Å². The summed E-state index contributed by atoms with van der Waals surface area (Å²) in [4.78, 5) is 19.2. The van der Waals surface area contributed by atoms with E-state index in [0.717, 1.165) is 0 Å². The Morgan fingerprint density at radius 2 is 1.94 bits per heavy atom. The molecule has 2 N–H and O–H groups in total. The molecule has 1 aromatic heterocycles. The second kappa shape index (κ2) is 4.93. The summed E-state index contributed by atoms with van der Waals surface area (Å²) in [6.07, 6.45) is 4.27. The van der Waals surface area contributed by atoms with Gasteiger partial charge in [0, 0.05) is 25.0 Å². The van der Waals surface area contributed by atoms with E-state index in [1.165, 1.54) is 18.6 Å². The largest absolute Gasteiger partial charge is 0.479 e. The molecule has 0 spiro atoms. The fourth-order valence-electron chi connectivity index (χ4n) is 1.70. The van der Waals surface area contributed by atoms with Crippen LogP contribution in [0.4, 0.5) is 0 Å². The van der Waals surface area contributed by atoms with E-state index in [1.54, 1.807) is 30.3 Å². The van der Waals surface area contributed by atoms with Crippen molar-refractivity contribution in [1.29, 1.82) is 0 Å². The van der Waals surface area contributed by atoms with Crippen LogP contribution < -0.4 is 0 Å². The van der Waals surface area contributed by atoms with Crippen LogP contribution in [0.15, 0.2) is 48.9 Å². The van der Waals surface area contributed by atoms with Crippen LogP contribution in [0.2, 0.25) is 0 Å². The first-order valence-electron chi connectivity index (χ1n) is 5.39. The van der Waals surface area contributed by atoms with Crippen molar-refractivity contribution < 1.29 is 15.0 Å². The molecular formula is C13H12N2O3. The van der Waals surface area contributed by atoms with E-state index in [0.29, 0.717) is 11.3 Å². The molecule has 2 rings (SSSR count). The molecule has 0 saturated heterocycles. The average Bonchev–Trinajstić information content (AvgIpc) is 2.40. The Balaban J connectivity index is 2.37. The first kappa shape index (κ1) is 12.2. The molecule has 0 unspecified atom stereocenters. The second-order valence-electron chi connectivity index (χ2n) is 3.90. The third kappa shape index (κ3) is 2.36. The zero-order valence-corrected chi connectivity index (χ0v) is 9.52. The van der Waals surface area contributed by atoms with Gasteiger partial charge in [-0.05, 0) is 5.56 Å². The summed E-state index contributed by atoms with van der Waals surface area (Å²) in [5.41, 5.74) is -1.24. The highest BCUT2D eigenvalue weighted by Gasteiger charge is 2.38. The molecule has 5 heteroatoms. The summed E-state index contributed by atoms with van der Waals surface area (Å²) in [6, 6.07) is 8.27. The number of carboxylic acid groups (broad SMARTS) is 1. The second-order valence-corrected chi connectivity index (χ2v) is 3.90. The van der Waals surface area contributed by atoms with Crippen LogP contribution in [0.5, 0.6) is 0 Å². The molecule has 0 fully saturated rings. The van der Waals surface area contributed by atoms with Gasteiger partial charge in [-0.25, -0.2) is 4.79 Å². The van der Waals surface area contributed by atoms with Gasteiger partial charge >= 0.3 is 5.97 Å². The highest BCUT2D eigenvalue weighted by atomic mass is 16.4. The van der Waals surface area contributed by atoms with Crippen molar-refractivity contribution in [3.63, 3.8) is 0 Å². The monoisotopic (exact) mass is 244 g/mol. The third-order valence-corrected chi connectivity index (χ3v) is 2.66. The van der Waals surface area contributed by atoms with E-state index in [9.17, 15) is 15.0 Å². The minimum Gasteiger partial charge on any atom is -0.479 e. The lowest BCUT2D eigenvalue weighted by Gasteiger charge is -2.23. The van der Waals surface area contributed by atoms with Crippen molar-refractivity contribution in [3.05, 3.63) is 60.2 Å². The van der Waals surface area contributed by atoms with Gasteiger partial charge in [-0.1, -0.05) is 30.3 Å². The van der Waals surface area contributed by atoms with Crippen molar-refractivity contribution in [2.45, 2.75) is 12.0 Å². The molecule has 18 heavy (non-hydrogen) atoms. The van der Waals surface area contributed by atoms with E-state index in [-0.39, 0.29) is 6.42 Å². The Bertz CT molecular complexity index is 530. The van der Waals surface area contributed by atoms with Crippen LogP contribution in [0.1, 0.15) is 11.3 Å². The molecule has 0 radical (unpaired) electrons. The van der Waals surface area contributed by atoms with E-state index in [1.807, 2.05) is 0 Å². The van der Waals surface area contributed by atoms with E-state index >= 15 is 0 Å². The number of benzene rings is 1. The van der Waals surface area contributed by atoms with Crippen LogP contribution in [-0.2, 0) is 16.8 Å². The van der Waals surface area contributed by atoms with Crippen LogP contribution in [0.3, 0.4) is 0 Å². The van der Waals surface area contributed by atoms with Crippen LogP contribution in [0.25, 0.3) is 0 Å². The molecule has 92 valence electrons. The molecule has 0 aliphatic rings. The molecule has 1 atom stereocenters. The maximum atomic E-state index is 11.3. The van der Waals surface area contributed by atoms with Crippen molar-refractivity contribution in [1.82, 2.24) is 9.97 Å². The van der Waals surface area contributed by atoms with E-state index < -0.39 is 11.6 Å². The predicted octanol–water partition coefficient (Wildman–Crippen LogP) is 0.992. The zero-order valence-electron chi connectivity index (χ0n) is 9.52. The highest BCUT2D eigenvalue weighted by molar-refractivity contribution is 5.79. The molecule has 5 nitrogen and oxygen atoms in total. The lowest BCUT2D eigenvalue weighted by molar-refractivity contribution is -0.159. The van der Waals surface area contributed by atoms with Gasteiger partial charge in [-0.3, -0.25) is 9.97 Å². The fraction of sp³-hybridized carbons (Fsp3) is 0.154. The normalized spacial score (nSPS) is 13.8. The van der Waals surface area contributed by atoms with Gasteiger partial charge in [0.15, 0.2) is 5.60 Å². The number of hydrogen-bond donors (Lipinski definition) is 2. The molecule has 0 amide bonds. The minimum absolute atomic E-state index is 0.125.